The molecule has 1 N–H and O–H groups in total. The maximum absolute atomic E-state index is 12.2. The second kappa shape index (κ2) is 7.80. The quantitative estimate of drug-likeness (QED) is 0.825. The van der Waals surface area contributed by atoms with Gasteiger partial charge in [0.2, 0.25) is 11.9 Å². The minimum atomic E-state index is 0.369. The van der Waals surface area contributed by atoms with E-state index in [0.717, 1.165) is 68.0 Å². The van der Waals surface area contributed by atoms with Crippen molar-refractivity contribution in [2.75, 3.05) is 31.1 Å². The van der Waals surface area contributed by atoms with Crippen LogP contribution >= 0.6 is 0 Å². The molecule has 0 bridgehead atoms. The van der Waals surface area contributed by atoms with Crippen molar-refractivity contribution in [3.63, 3.8) is 0 Å². The number of aromatic nitrogens is 2. The SMILES string of the molecule is Cc1cc2nc(N3CCC(NCC4CC(=O)N(C5CC5)C4)CC3)nc(C)c2cc1C. The van der Waals surface area contributed by atoms with E-state index >= 15 is 0 Å². The molecule has 2 saturated heterocycles. The first kappa shape index (κ1) is 19.7. The lowest BCUT2D eigenvalue weighted by molar-refractivity contribution is -0.128. The van der Waals surface area contributed by atoms with Gasteiger partial charge in [0.25, 0.3) is 0 Å². The number of aryl methyl sites for hydroxylation is 3. The van der Waals surface area contributed by atoms with E-state index in [4.69, 9.17) is 9.97 Å². The molecule has 160 valence electrons. The molecule has 1 amide bonds. The zero-order chi connectivity index (χ0) is 20.8. The van der Waals surface area contributed by atoms with Gasteiger partial charge < -0.3 is 15.1 Å². The second-order valence-electron chi connectivity index (χ2n) is 9.58. The summed E-state index contributed by atoms with van der Waals surface area (Å²) in [5.41, 5.74) is 4.68. The number of hydrogen-bond donors (Lipinski definition) is 1. The lowest BCUT2D eigenvalue weighted by Gasteiger charge is -2.33. The molecule has 0 spiro atoms. The molecule has 30 heavy (non-hydrogen) atoms. The van der Waals surface area contributed by atoms with E-state index in [1.165, 1.54) is 24.0 Å². The number of piperidine rings is 1. The van der Waals surface area contributed by atoms with E-state index < -0.39 is 0 Å². The summed E-state index contributed by atoms with van der Waals surface area (Å²) in [6.45, 7) is 10.2. The van der Waals surface area contributed by atoms with Gasteiger partial charge in [0.05, 0.1) is 11.2 Å². The molecule has 3 fully saturated rings. The topological polar surface area (TPSA) is 61.4 Å². The number of hydrogen-bond acceptors (Lipinski definition) is 5. The second-order valence-corrected chi connectivity index (χ2v) is 9.58. The number of nitrogens with zero attached hydrogens (tertiary/aromatic N) is 4. The van der Waals surface area contributed by atoms with Crippen molar-refractivity contribution in [1.82, 2.24) is 20.2 Å². The van der Waals surface area contributed by atoms with Gasteiger partial charge in [0, 0.05) is 50.1 Å². The molecule has 1 saturated carbocycles. The third-order valence-corrected chi connectivity index (χ3v) is 7.19. The highest BCUT2D eigenvalue weighted by Gasteiger charge is 2.39. The van der Waals surface area contributed by atoms with Crippen LogP contribution in [0.25, 0.3) is 10.9 Å². The summed E-state index contributed by atoms with van der Waals surface area (Å²) >= 11 is 0. The molecule has 2 aliphatic heterocycles. The van der Waals surface area contributed by atoms with Crippen LogP contribution in [0, 0.1) is 26.7 Å². The number of benzene rings is 1. The molecule has 1 unspecified atom stereocenters. The Bertz CT molecular complexity index is 962. The monoisotopic (exact) mass is 407 g/mol. The van der Waals surface area contributed by atoms with Gasteiger partial charge in [0.15, 0.2) is 0 Å². The fraction of sp³-hybridized carbons (Fsp3) is 0.625. The van der Waals surface area contributed by atoms with Crippen LogP contribution in [0.15, 0.2) is 12.1 Å². The first-order valence-electron chi connectivity index (χ1n) is 11.5. The van der Waals surface area contributed by atoms with Crippen LogP contribution in [0.5, 0.6) is 0 Å². The van der Waals surface area contributed by atoms with Crippen molar-refractivity contribution in [2.45, 2.75) is 65.0 Å². The molecule has 3 aliphatic rings. The van der Waals surface area contributed by atoms with Gasteiger partial charge in [-0.25, -0.2) is 9.97 Å². The van der Waals surface area contributed by atoms with Crippen molar-refractivity contribution in [1.29, 1.82) is 0 Å². The average molecular weight is 408 g/mol. The maximum Gasteiger partial charge on any atom is 0.226 e. The third-order valence-electron chi connectivity index (χ3n) is 7.19. The highest BCUT2D eigenvalue weighted by Crippen LogP contribution is 2.32. The van der Waals surface area contributed by atoms with Crippen LogP contribution in [0.2, 0.25) is 0 Å². The van der Waals surface area contributed by atoms with Crippen LogP contribution in [0.4, 0.5) is 5.95 Å². The lowest BCUT2D eigenvalue weighted by Crippen LogP contribution is -2.44. The molecule has 6 heteroatoms. The molecule has 1 aromatic heterocycles. The number of carbonyl (C=O) groups excluding carboxylic acids is 1. The molecular formula is C24H33N5O. The molecule has 1 atom stereocenters. The van der Waals surface area contributed by atoms with Gasteiger partial charge in [-0.2, -0.15) is 0 Å². The van der Waals surface area contributed by atoms with Crippen molar-refractivity contribution < 1.29 is 4.79 Å². The van der Waals surface area contributed by atoms with Gasteiger partial charge in [0.1, 0.15) is 0 Å². The minimum Gasteiger partial charge on any atom is -0.341 e. The summed E-state index contributed by atoms with van der Waals surface area (Å²) in [6, 6.07) is 5.48. The Balaban J connectivity index is 1.17. The van der Waals surface area contributed by atoms with Gasteiger partial charge in [-0.05, 0) is 75.6 Å². The van der Waals surface area contributed by atoms with E-state index in [-0.39, 0.29) is 0 Å². The fourth-order valence-electron chi connectivity index (χ4n) is 4.97. The Morgan fingerprint density at radius 1 is 1.03 bits per heavy atom. The molecule has 1 aliphatic carbocycles. The van der Waals surface area contributed by atoms with Crippen LogP contribution in [0.3, 0.4) is 0 Å². The number of anilines is 1. The molecule has 6 nitrogen and oxygen atoms in total. The summed E-state index contributed by atoms with van der Waals surface area (Å²) in [6.07, 6.45) is 5.34. The number of fused-ring (bicyclic) bond motifs is 1. The Labute approximate surface area is 179 Å². The Morgan fingerprint density at radius 2 is 1.77 bits per heavy atom. The fourth-order valence-corrected chi connectivity index (χ4v) is 4.97. The van der Waals surface area contributed by atoms with Crippen LogP contribution < -0.4 is 10.2 Å². The highest BCUT2D eigenvalue weighted by molar-refractivity contribution is 5.83. The highest BCUT2D eigenvalue weighted by atomic mass is 16.2. The number of carbonyl (C=O) groups is 1. The summed E-state index contributed by atoms with van der Waals surface area (Å²) < 4.78 is 0. The standard InChI is InChI=1S/C24H33N5O/c1-15-10-21-17(3)26-24(27-22(21)11-16(15)2)28-8-6-19(7-9-28)25-13-18-12-23(30)29(14-18)20-4-5-20/h10-11,18-20,25H,4-9,12-14H2,1-3H3. The number of nitrogens with one attached hydrogen (secondary N) is 1. The molecule has 5 rings (SSSR count). The van der Waals surface area contributed by atoms with Crippen molar-refractivity contribution in [2.24, 2.45) is 5.92 Å². The molecule has 3 heterocycles. The minimum absolute atomic E-state index is 0.369. The van der Waals surface area contributed by atoms with Gasteiger partial charge in [-0.3, -0.25) is 4.79 Å². The predicted molar refractivity (Wildman–Crippen MR) is 120 cm³/mol. The Morgan fingerprint density at radius 3 is 2.50 bits per heavy atom. The number of amides is 1. The van der Waals surface area contributed by atoms with Crippen LogP contribution in [-0.2, 0) is 4.79 Å². The van der Waals surface area contributed by atoms with Crippen molar-refractivity contribution >= 4 is 22.8 Å². The van der Waals surface area contributed by atoms with Crippen molar-refractivity contribution in [3.8, 4) is 0 Å². The predicted octanol–water partition coefficient (Wildman–Crippen LogP) is 3.12. The van der Waals surface area contributed by atoms with E-state index in [0.29, 0.717) is 23.9 Å². The maximum atomic E-state index is 12.2. The molecule has 0 radical (unpaired) electrons. The van der Waals surface area contributed by atoms with E-state index in [9.17, 15) is 4.79 Å². The van der Waals surface area contributed by atoms with E-state index in [1.54, 1.807) is 0 Å². The van der Waals surface area contributed by atoms with Crippen molar-refractivity contribution in [3.05, 3.63) is 29.0 Å². The van der Waals surface area contributed by atoms with Gasteiger partial charge in [-0.15, -0.1) is 0 Å². The third kappa shape index (κ3) is 3.89. The lowest BCUT2D eigenvalue weighted by atomic mass is 10.0. The zero-order valence-corrected chi connectivity index (χ0v) is 18.4. The number of rotatable bonds is 5. The molecule has 2 aromatic rings. The molecular weight excluding hydrogens is 374 g/mol. The van der Waals surface area contributed by atoms with E-state index in [2.05, 4.69) is 48.0 Å². The number of likely N-dealkylation sites (tertiary alicyclic amines) is 1. The first-order chi connectivity index (χ1) is 14.5. The van der Waals surface area contributed by atoms with E-state index in [1.807, 2.05) is 0 Å². The van der Waals surface area contributed by atoms with Gasteiger partial charge in [-0.1, -0.05) is 0 Å². The van der Waals surface area contributed by atoms with Gasteiger partial charge >= 0.3 is 0 Å². The van der Waals surface area contributed by atoms with Crippen LogP contribution in [-0.4, -0.2) is 59.0 Å². The summed E-state index contributed by atoms with van der Waals surface area (Å²) in [7, 11) is 0. The molecule has 1 aromatic carbocycles. The Kier molecular flexibility index (Phi) is 5.13. The first-order valence-corrected chi connectivity index (χ1v) is 11.5. The normalized spacial score (nSPS) is 23.0. The summed E-state index contributed by atoms with van der Waals surface area (Å²) in [5, 5.41) is 4.90. The summed E-state index contributed by atoms with van der Waals surface area (Å²) in [4.78, 5) is 26.3. The average Bonchev–Trinajstić information content (AvgIpc) is 3.50. The summed E-state index contributed by atoms with van der Waals surface area (Å²) in [5.74, 6) is 1.71. The smallest absolute Gasteiger partial charge is 0.226 e. The Hall–Kier alpha value is -2.21. The zero-order valence-electron chi connectivity index (χ0n) is 18.4. The largest absolute Gasteiger partial charge is 0.341 e. The van der Waals surface area contributed by atoms with Crippen LogP contribution in [0.1, 0.15) is 48.9 Å².